The van der Waals surface area contributed by atoms with Gasteiger partial charge in [0.1, 0.15) is 11.7 Å². The molecule has 0 atom stereocenters. The largest absolute Gasteiger partial charge is 0.754 e. The number of nitrogens with zero attached hydrogens (tertiary/aromatic N) is 5. The van der Waals surface area contributed by atoms with Crippen LogP contribution in [0.4, 0.5) is 0 Å². The van der Waals surface area contributed by atoms with Crippen molar-refractivity contribution in [3.05, 3.63) is 70.3 Å². The van der Waals surface area contributed by atoms with Crippen molar-refractivity contribution in [1.29, 1.82) is 0 Å². The smallest absolute Gasteiger partial charge is 0.172 e. The van der Waals surface area contributed by atoms with Gasteiger partial charge in [-0.1, -0.05) is 24.3 Å². The molecule has 7 heteroatoms. The Morgan fingerprint density at radius 3 is 2.92 bits per heavy atom. The van der Waals surface area contributed by atoms with Gasteiger partial charge in [-0.05, 0) is 25.8 Å². The van der Waals surface area contributed by atoms with E-state index in [9.17, 15) is 5.21 Å². The van der Waals surface area contributed by atoms with Crippen LogP contribution in [-0.2, 0) is 13.0 Å². The van der Waals surface area contributed by atoms with E-state index in [1.807, 2.05) is 11.9 Å². The predicted molar refractivity (Wildman–Crippen MR) is 99.2 cm³/mol. The molecule has 0 saturated heterocycles. The molecular formula is C19H19N6O-. The van der Waals surface area contributed by atoms with Gasteiger partial charge in [-0.15, -0.1) is 0 Å². The summed E-state index contributed by atoms with van der Waals surface area (Å²) in [7, 11) is 0. The van der Waals surface area contributed by atoms with Crippen LogP contribution in [-0.4, -0.2) is 25.5 Å². The van der Waals surface area contributed by atoms with E-state index in [0.29, 0.717) is 11.5 Å². The quantitative estimate of drug-likeness (QED) is 0.789. The zero-order valence-electron chi connectivity index (χ0n) is 14.7. The Labute approximate surface area is 151 Å². The normalized spacial score (nSPS) is 17.7. The number of aromatic nitrogens is 2. The number of aryl methyl sites for hydroxylation is 1. The number of imidazole rings is 1. The van der Waals surface area contributed by atoms with Gasteiger partial charge < -0.3 is 14.8 Å². The van der Waals surface area contributed by atoms with Gasteiger partial charge in [0.15, 0.2) is 5.82 Å². The fraction of sp³-hybridized carbons (Fsp3) is 0.263. The summed E-state index contributed by atoms with van der Waals surface area (Å²) in [5, 5.41) is 14.6. The standard InChI is InChI=1S/C19H19N6O/c1-12-9-24(26)13(2)18-21-17(22-25(12)18)8-7-15-11-23-10-14-5-3-4-6-16(14)19(23)20-15/h3-6,9,11H,7-8,10H2,1-2H3,(H,21,22)/q-1. The maximum absolute atomic E-state index is 11.9. The molecule has 1 aromatic carbocycles. The summed E-state index contributed by atoms with van der Waals surface area (Å²) in [6.45, 7) is 4.56. The van der Waals surface area contributed by atoms with Crippen LogP contribution in [0, 0.1) is 5.21 Å². The van der Waals surface area contributed by atoms with Crippen molar-refractivity contribution in [2.45, 2.75) is 33.2 Å². The van der Waals surface area contributed by atoms with E-state index in [2.05, 4.69) is 45.4 Å². The van der Waals surface area contributed by atoms with Crippen LogP contribution in [0.25, 0.3) is 11.4 Å². The SMILES string of the molecule is CC1=CN([O-])C(C)=C2N=C(CCc3cn4c(n3)-c3ccccc3C4)NN12. The first-order valence-electron chi connectivity index (χ1n) is 8.74. The molecule has 0 unspecified atom stereocenters. The van der Waals surface area contributed by atoms with Crippen LogP contribution in [0.3, 0.4) is 0 Å². The molecule has 3 aliphatic heterocycles. The molecule has 0 amide bonds. The summed E-state index contributed by atoms with van der Waals surface area (Å²) in [6.07, 6.45) is 5.24. The van der Waals surface area contributed by atoms with Crippen molar-refractivity contribution < 1.29 is 0 Å². The van der Waals surface area contributed by atoms with Crippen LogP contribution in [0.1, 0.15) is 31.5 Å². The minimum atomic E-state index is 0.593. The van der Waals surface area contributed by atoms with E-state index in [1.165, 1.54) is 11.1 Å². The number of nitrogens with one attached hydrogen (secondary N) is 1. The third-order valence-electron chi connectivity index (χ3n) is 5.05. The average Bonchev–Trinajstić information content (AvgIpc) is 3.30. The van der Waals surface area contributed by atoms with Gasteiger partial charge >= 0.3 is 0 Å². The molecule has 3 aliphatic rings. The number of aliphatic imine (C=N–C) groups is 1. The summed E-state index contributed by atoms with van der Waals surface area (Å²) in [5.74, 6) is 2.58. The van der Waals surface area contributed by atoms with Crippen molar-refractivity contribution in [2.24, 2.45) is 4.99 Å². The fourth-order valence-corrected chi connectivity index (χ4v) is 3.65. The predicted octanol–water partition coefficient (Wildman–Crippen LogP) is 2.93. The van der Waals surface area contributed by atoms with Gasteiger partial charge in [-0.3, -0.25) is 5.43 Å². The monoisotopic (exact) mass is 347 g/mol. The minimum Gasteiger partial charge on any atom is -0.754 e. The number of benzene rings is 1. The summed E-state index contributed by atoms with van der Waals surface area (Å²) in [4.78, 5) is 9.41. The number of allylic oxidation sites excluding steroid dienone is 2. The molecule has 1 N–H and O–H groups in total. The first-order valence-corrected chi connectivity index (χ1v) is 8.74. The van der Waals surface area contributed by atoms with Crippen LogP contribution < -0.4 is 5.43 Å². The number of hydrogen-bond donors (Lipinski definition) is 1. The van der Waals surface area contributed by atoms with Crippen molar-refractivity contribution in [1.82, 2.24) is 25.0 Å². The third kappa shape index (κ3) is 2.24. The Kier molecular flexibility index (Phi) is 3.20. The second-order valence-corrected chi connectivity index (χ2v) is 6.85. The van der Waals surface area contributed by atoms with E-state index in [4.69, 9.17) is 4.98 Å². The maximum atomic E-state index is 11.9. The Bertz CT molecular complexity index is 999. The lowest BCUT2D eigenvalue weighted by atomic mass is 10.1. The highest BCUT2D eigenvalue weighted by atomic mass is 16.5. The molecule has 7 nitrogen and oxygen atoms in total. The average molecular weight is 347 g/mol. The van der Waals surface area contributed by atoms with Gasteiger partial charge in [0, 0.05) is 36.6 Å². The number of hydrogen-bond acceptors (Lipinski definition) is 6. The summed E-state index contributed by atoms with van der Waals surface area (Å²) >= 11 is 0. The van der Waals surface area contributed by atoms with E-state index in [0.717, 1.165) is 47.5 Å². The zero-order valence-corrected chi connectivity index (χ0v) is 14.7. The van der Waals surface area contributed by atoms with E-state index in [1.54, 1.807) is 13.1 Å². The second kappa shape index (κ2) is 5.47. The number of hydrazine groups is 1. The van der Waals surface area contributed by atoms with Crippen molar-refractivity contribution in [3.63, 3.8) is 0 Å². The first-order chi connectivity index (χ1) is 12.6. The summed E-state index contributed by atoms with van der Waals surface area (Å²) < 4.78 is 2.21. The third-order valence-corrected chi connectivity index (χ3v) is 5.05. The molecular weight excluding hydrogens is 328 g/mol. The maximum Gasteiger partial charge on any atom is 0.172 e. The van der Waals surface area contributed by atoms with Crippen molar-refractivity contribution >= 4 is 5.84 Å². The van der Waals surface area contributed by atoms with E-state index < -0.39 is 0 Å². The number of hydroxylamine groups is 2. The lowest BCUT2D eigenvalue weighted by molar-refractivity contribution is 0.355. The number of amidine groups is 1. The molecule has 0 bridgehead atoms. The molecule has 26 heavy (non-hydrogen) atoms. The molecule has 132 valence electrons. The number of fused-ring (bicyclic) bond motifs is 4. The van der Waals surface area contributed by atoms with Gasteiger partial charge in [0.25, 0.3) is 0 Å². The molecule has 5 rings (SSSR count). The van der Waals surface area contributed by atoms with Crippen molar-refractivity contribution in [2.75, 3.05) is 0 Å². The van der Waals surface area contributed by atoms with Crippen molar-refractivity contribution in [3.8, 4) is 11.4 Å². The zero-order chi connectivity index (χ0) is 17.8. The molecule has 0 radical (unpaired) electrons. The number of rotatable bonds is 3. The molecule has 0 saturated carbocycles. The lowest BCUT2D eigenvalue weighted by Crippen LogP contribution is -2.37. The van der Waals surface area contributed by atoms with Gasteiger partial charge in [0.05, 0.1) is 11.4 Å². The van der Waals surface area contributed by atoms with Gasteiger partial charge in [0.2, 0.25) is 0 Å². The minimum absolute atomic E-state index is 0.593. The summed E-state index contributed by atoms with van der Waals surface area (Å²) in [5.41, 5.74) is 8.32. The highest BCUT2D eigenvalue weighted by molar-refractivity contribution is 5.85. The molecule has 2 aromatic rings. The fourth-order valence-electron chi connectivity index (χ4n) is 3.65. The van der Waals surface area contributed by atoms with Crippen LogP contribution in [0.15, 0.2) is 58.9 Å². The lowest BCUT2D eigenvalue weighted by Gasteiger charge is -2.36. The highest BCUT2D eigenvalue weighted by Gasteiger charge is 2.27. The van der Waals surface area contributed by atoms with Gasteiger partial charge in [-0.25, -0.2) is 15.0 Å². The van der Waals surface area contributed by atoms with Gasteiger partial charge in [-0.2, -0.15) is 0 Å². The topological polar surface area (TPSA) is 71.7 Å². The molecule has 0 fully saturated rings. The molecule has 0 aliphatic carbocycles. The van der Waals surface area contributed by atoms with E-state index in [-0.39, 0.29) is 0 Å². The molecule has 0 spiro atoms. The molecule has 1 aromatic heterocycles. The Morgan fingerprint density at radius 1 is 1.19 bits per heavy atom. The summed E-state index contributed by atoms with van der Waals surface area (Å²) in [6, 6.07) is 8.41. The first kappa shape index (κ1) is 15.2. The van der Waals surface area contributed by atoms with Crippen LogP contribution >= 0.6 is 0 Å². The second-order valence-electron chi connectivity index (χ2n) is 6.85. The Balaban J connectivity index is 1.33. The highest BCUT2D eigenvalue weighted by Crippen LogP contribution is 2.31. The molecule has 4 heterocycles. The van der Waals surface area contributed by atoms with Crippen LogP contribution in [0.5, 0.6) is 0 Å². The van der Waals surface area contributed by atoms with E-state index >= 15 is 0 Å². The van der Waals surface area contributed by atoms with Crippen LogP contribution in [0.2, 0.25) is 0 Å². The Morgan fingerprint density at radius 2 is 2.04 bits per heavy atom. The Hall–Kier alpha value is -3.06.